The maximum absolute atomic E-state index is 13.5. The summed E-state index contributed by atoms with van der Waals surface area (Å²) >= 11 is 3.47. The van der Waals surface area contributed by atoms with E-state index in [4.69, 9.17) is 10.1 Å². The molecule has 0 aliphatic heterocycles. The average Bonchev–Trinajstić information content (AvgIpc) is 2.82. The molecule has 0 fully saturated rings. The van der Waals surface area contributed by atoms with Gasteiger partial charge in [0, 0.05) is 16.0 Å². The first kappa shape index (κ1) is 20.6. The van der Waals surface area contributed by atoms with Crippen molar-refractivity contribution in [2.45, 2.75) is 26.2 Å². The second kappa shape index (κ2) is 8.32. The predicted molar refractivity (Wildman–Crippen MR) is 137 cm³/mol. The van der Waals surface area contributed by atoms with Crippen LogP contribution in [-0.2, 0) is 0 Å². The summed E-state index contributed by atoms with van der Waals surface area (Å²) in [7, 11) is 0. The van der Waals surface area contributed by atoms with Crippen molar-refractivity contribution < 1.29 is 0 Å². The number of halogens is 1. The average molecular weight is 484 g/mol. The van der Waals surface area contributed by atoms with Gasteiger partial charge in [0.15, 0.2) is 0 Å². The lowest BCUT2D eigenvalue weighted by Crippen LogP contribution is -2.23. The third-order valence-corrected chi connectivity index (χ3v) is 6.50. The highest BCUT2D eigenvalue weighted by Gasteiger charge is 2.16. The summed E-state index contributed by atoms with van der Waals surface area (Å²) in [6.45, 7) is 4.17. The molecule has 0 saturated carbocycles. The smallest absolute Gasteiger partial charge is 0.267 e. The van der Waals surface area contributed by atoms with Crippen molar-refractivity contribution in [2.24, 2.45) is 5.10 Å². The van der Waals surface area contributed by atoms with E-state index in [0.717, 1.165) is 38.0 Å². The second-order valence-electron chi connectivity index (χ2n) is 8.03. The Balaban J connectivity index is 1.79. The number of benzene rings is 4. The molecule has 0 radical (unpaired) electrons. The lowest BCUT2D eigenvalue weighted by atomic mass is 9.97. The number of rotatable bonds is 4. The molecule has 0 amide bonds. The third kappa shape index (κ3) is 3.53. The summed E-state index contributed by atoms with van der Waals surface area (Å²) < 4.78 is 2.32. The number of nitrogens with zero attached hydrogens (tertiary/aromatic N) is 3. The molecule has 1 atom stereocenters. The third-order valence-electron chi connectivity index (χ3n) is 6.00. The molecule has 158 valence electrons. The zero-order valence-electron chi connectivity index (χ0n) is 17.9. The molecular formula is C27H22BrN3O. The highest BCUT2D eigenvalue weighted by atomic mass is 79.9. The Morgan fingerprint density at radius 2 is 1.62 bits per heavy atom. The Morgan fingerprint density at radius 3 is 2.28 bits per heavy atom. The number of hydrogen-bond donors (Lipinski definition) is 0. The summed E-state index contributed by atoms with van der Waals surface area (Å²) in [6, 6.07) is 24.3. The van der Waals surface area contributed by atoms with Gasteiger partial charge < -0.3 is 0 Å². The molecule has 1 aromatic heterocycles. The normalized spacial score (nSPS) is 12.8. The molecule has 32 heavy (non-hydrogen) atoms. The minimum absolute atomic E-state index is 0.0946. The van der Waals surface area contributed by atoms with Crippen molar-refractivity contribution in [1.82, 2.24) is 9.66 Å². The summed E-state index contributed by atoms with van der Waals surface area (Å²) in [6.07, 6.45) is 2.67. The van der Waals surface area contributed by atoms with Crippen LogP contribution in [0.2, 0.25) is 0 Å². The van der Waals surface area contributed by atoms with Crippen molar-refractivity contribution in [2.75, 3.05) is 0 Å². The van der Waals surface area contributed by atoms with E-state index in [0.29, 0.717) is 16.7 Å². The van der Waals surface area contributed by atoms with Gasteiger partial charge in [-0.25, -0.2) is 4.98 Å². The summed E-state index contributed by atoms with van der Waals surface area (Å²) in [4.78, 5) is 18.3. The largest absolute Gasteiger partial charge is 0.282 e. The Hall–Kier alpha value is -3.31. The van der Waals surface area contributed by atoms with Crippen LogP contribution in [0.3, 0.4) is 0 Å². The van der Waals surface area contributed by atoms with E-state index in [1.807, 2.05) is 48.7 Å². The van der Waals surface area contributed by atoms with E-state index in [1.165, 1.54) is 4.68 Å². The van der Waals surface area contributed by atoms with Crippen molar-refractivity contribution in [3.8, 4) is 0 Å². The van der Waals surface area contributed by atoms with Gasteiger partial charge in [0.05, 0.1) is 17.1 Å². The van der Waals surface area contributed by atoms with Gasteiger partial charge in [-0.1, -0.05) is 78.3 Å². The predicted octanol–water partition coefficient (Wildman–Crippen LogP) is 6.86. The van der Waals surface area contributed by atoms with Crippen LogP contribution < -0.4 is 5.56 Å². The standard InChI is InChI=1S/C27H22BrN3O/c1-3-17(2)26-30-25-13-12-20(28)15-23(25)27(32)31(26)29-16-24-21-10-6-4-8-18(21)14-19-9-5-7-11-22(19)24/h4-17H,3H2,1-2H3/t17-/m0/s1. The SMILES string of the molecule is CC[C@H](C)c1nc2ccc(Br)cc2c(=O)n1N=Cc1c2ccccc2cc2ccccc12. The molecule has 5 heteroatoms. The summed E-state index contributed by atoms with van der Waals surface area (Å²) in [5.41, 5.74) is 1.53. The van der Waals surface area contributed by atoms with E-state index in [2.05, 4.69) is 60.1 Å². The topological polar surface area (TPSA) is 47.2 Å². The van der Waals surface area contributed by atoms with E-state index >= 15 is 0 Å². The molecule has 0 bridgehead atoms. The van der Waals surface area contributed by atoms with Gasteiger partial charge in [-0.2, -0.15) is 9.78 Å². The van der Waals surface area contributed by atoms with Crippen molar-refractivity contribution >= 4 is 54.6 Å². The molecule has 0 unspecified atom stereocenters. The first-order valence-electron chi connectivity index (χ1n) is 10.7. The highest BCUT2D eigenvalue weighted by Crippen LogP contribution is 2.27. The lowest BCUT2D eigenvalue weighted by molar-refractivity contribution is 0.613. The Kier molecular flexibility index (Phi) is 5.35. The van der Waals surface area contributed by atoms with E-state index < -0.39 is 0 Å². The van der Waals surface area contributed by atoms with Crippen molar-refractivity contribution in [3.63, 3.8) is 0 Å². The minimum Gasteiger partial charge on any atom is -0.267 e. The Labute approximate surface area is 194 Å². The lowest BCUT2D eigenvalue weighted by Gasteiger charge is -2.14. The van der Waals surface area contributed by atoms with Crippen molar-refractivity contribution in [3.05, 3.63) is 99.0 Å². The number of hydrogen-bond acceptors (Lipinski definition) is 3. The maximum Gasteiger partial charge on any atom is 0.282 e. The van der Waals surface area contributed by atoms with Gasteiger partial charge in [0.25, 0.3) is 5.56 Å². The van der Waals surface area contributed by atoms with E-state index in [-0.39, 0.29) is 11.5 Å². The van der Waals surface area contributed by atoms with Crippen LogP contribution in [0.5, 0.6) is 0 Å². The first-order chi connectivity index (χ1) is 15.6. The monoisotopic (exact) mass is 483 g/mol. The van der Waals surface area contributed by atoms with Gasteiger partial charge in [-0.05, 0) is 52.2 Å². The molecular weight excluding hydrogens is 462 g/mol. The Bertz CT molecular complexity index is 1510. The van der Waals surface area contributed by atoms with E-state index in [1.54, 1.807) is 0 Å². The molecule has 1 heterocycles. The quantitative estimate of drug-likeness (QED) is 0.207. The molecule has 0 spiro atoms. The maximum atomic E-state index is 13.5. The highest BCUT2D eigenvalue weighted by molar-refractivity contribution is 9.10. The van der Waals surface area contributed by atoms with Crippen LogP contribution in [0.25, 0.3) is 32.4 Å². The van der Waals surface area contributed by atoms with Crippen molar-refractivity contribution in [1.29, 1.82) is 0 Å². The molecule has 0 saturated heterocycles. The number of fused-ring (bicyclic) bond motifs is 3. The van der Waals surface area contributed by atoms with Crippen LogP contribution in [0.4, 0.5) is 0 Å². The minimum atomic E-state index is -0.160. The van der Waals surface area contributed by atoms with Crippen LogP contribution in [0, 0.1) is 0 Å². The van der Waals surface area contributed by atoms with Gasteiger partial charge in [-0.3, -0.25) is 4.79 Å². The van der Waals surface area contributed by atoms with Crippen LogP contribution in [0.15, 0.2) is 87.2 Å². The zero-order valence-corrected chi connectivity index (χ0v) is 19.5. The second-order valence-corrected chi connectivity index (χ2v) is 8.95. The summed E-state index contributed by atoms with van der Waals surface area (Å²) in [5.74, 6) is 0.769. The first-order valence-corrected chi connectivity index (χ1v) is 11.5. The fourth-order valence-electron chi connectivity index (χ4n) is 4.08. The molecule has 5 aromatic rings. The molecule has 4 aromatic carbocycles. The van der Waals surface area contributed by atoms with Gasteiger partial charge in [0.2, 0.25) is 0 Å². The zero-order chi connectivity index (χ0) is 22.2. The van der Waals surface area contributed by atoms with Crippen LogP contribution >= 0.6 is 15.9 Å². The fourth-order valence-corrected chi connectivity index (χ4v) is 4.44. The van der Waals surface area contributed by atoms with Crippen LogP contribution in [-0.4, -0.2) is 15.9 Å². The molecule has 0 N–H and O–H groups in total. The van der Waals surface area contributed by atoms with Gasteiger partial charge in [0.1, 0.15) is 5.82 Å². The van der Waals surface area contributed by atoms with Gasteiger partial charge >= 0.3 is 0 Å². The van der Waals surface area contributed by atoms with Gasteiger partial charge in [-0.15, -0.1) is 0 Å². The van der Waals surface area contributed by atoms with E-state index in [9.17, 15) is 4.79 Å². The summed E-state index contributed by atoms with van der Waals surface area (Å²) in [5, 5.41) is 9.76. The molecule has 5 rings (SSSR count). The fraction of sp³-hybridized carbons (Fsp3) is 0.148. The molecule has 0 aliphatic carbocycles. The molecule has 4 nitrogen and oxygen atoms in total. The van der Waals surface area contributed by atoms with Crippen LogP contribution in [0.1, 0.15) is 37.6 Å². The Morgan fingerprint density at radius 1 is 0.969 bits per heavy atom. The molecule has 0 aliphatic rings. The number of aromatic nitrogens is 2.